The van der Waals surface area contributed by atoms with Crippen molar-refractivity contribution < 1.29 is 23.8 Å². The average molecular weight is 321 g/mol. The molecule has 1 amide bonds. The molecule has 0 bridgehead atoms. The number of ether oxygens (including phenoxy) is 3. The molecule has 1 aliphatic rings. The van der Waals surface area contributed by atoms with E-state index in [9.17, 15) is 9.59 Å². The minimum absolute atomic E-state index is 0.0361. The van der Waals surface area contributed by atoms with E-state index in [0.717, 1.165) is 18.6 Å². The Labute approximate surface area is 136 Å². The van der Waals surface area contributed by atoms with Crippen molar-refractivity contribution in [3.05, 3.63) is 24.3 Å². The van der Waals surface area contributed by atoms with Crippen molar-refractivity contribution in [2.45, 2.75) is 32.2 Å². The molecule has 0 unspecified atom stereocenters. The van der Waals surface area contributed by atoms with Crippen molar-refractivity contribution in [3.63, 3.8) is 0 Å². The largest absolute Gasteiger partial charge is 0.494 e. The van der Waals surface area contributed by atoms with E-state index < -0.39 is 0 Å². The fourth-order valence-electron chi connectivity index (χ4n) is 2.24. The Balaban J connectivity index is 1.82. The lowest BCUT2D eigenvalue weighted by Crippen LogP contribution is -2.38. The zero-order valence-electron chi connectivity index (χ0n) is 13.6. The average Bonchev–Trinajstić information content (AvgIpc) is 3.39. The summed E-state index contributed by atoms with van der Waals surface area (Å²) in [4.78, 5) is 25.2. The second-order valence-electron chi connectivity index (χ2n) is 5.34. The fraction of sp³-hybridized carbons (Fsp3) is 0.529. The van der Waals surface area contributed by atoms with Gasteiger partial charge in [0.25, 0.3) is 5.91 Å². The van der Waals surface area contributed by atoms with Gasteiger partial charge in [0.15, 0.2) is 6.61 Å². The van der Waals surface area contributed by atoms with Crippen LogP contribution in [0.5, 0.6) is 11.5 Å². The van der Waals surface area contributed by atoms with E-state index >= 15 is 0 Å². The number of benzene rings is 1. The molecular formula is C17H23NO5. The Kier molecular flexibility index (Phi) is 6.26. The van der Waals surface area contributed by atoms with Crippen LogP contribution in [-0.4, -0.2) is 49.7 Å². The molecule has 0 saturated heterocycles. The van der Waals surface area contributed by atoms with Crippen LogP contribution in [0.1, 0.15) is 26.2 Å². The number of methoxy groups -OCH3 is 1. The molecule has 6 nitrogen and oxygen atoms in total. The van der Waals surface area contributed by atoms with Gasteiger partial charge in [0, 0.05) is 12.6 Å². The third-order valence-corrected chi connectivity index (χ3v) is 3.59. The molecule has 1 fully saturated rings. The number of amides is 1. The van der Waals surface area contributed by atoms with Gasteiger partial charge in [-0.2, -0.15) is 0 Å². The first-order chi connectivity index (χ1) is 11.1. The van der Waals surface area contributed by atoms with E-state index in [1.807, 2.05) is 6.92 Å². The summed E-state index contributed by atoms with van der Waals surface area (Å²) in [6.45, 7) is 2.87. The highest BCUT2D eigenvalue weighted by Gasteiger charge is 2.32. The van der Waals surface area contributed by atoms with E-state index in [4.69, 9.17) is 9.47 Å². The molecule has 0 radical (unpaired) electrons. The highest BCUT2D eigenvalue weighted by atomic mass is 16.5. The van der Waals surface area contributed by atoms with Crippen LogP contribution in [0, 0.1) is 0 Å². The van der Waals surface area contributed by atoms with Crippen molar-refractivity contribution in [3.8, 4) is 11.5 Å². The van der Waals surface area contributed by atoms with Crippen molar-refractivity contribution in [2.24, 2.45) is 0 Å². The van der Waals surface area contributed by atoms with Crippen molar-refractivity contribution >= 4 is 11.9 Å². The number of hydrogen-bond donors (Lipinski definition) is 0. The smallest absolute Gasteiger partial charge is 0.307 e. The lowest BCUT2D eigenvalue weighted by atomic mass is 10.3. The van der Waals surface area contributed by atoms with Crippen LogP contribution >= 0.6 is 0 Å². The maximum absolute atomic E-state index is 12.3. The van der Waals surface area contributed by atoms with Gasteiger partial charge in [-0.3, -0.25) is 9.59 Å². The minimum Gasteiger partial charge on any atom is -0.494 e. The molecular weight excluding hydrogens is 298 g/mol. The molecule has 0 N–H and O–H groups in total. The van der Waals surface area contributed by atoms with E-state index in [1.54, 1.807) is 29.2 Å². The van der Waals surface area contributed by atoms with Gasteiger partial charge in [0.2, 0.25) is 0 Å². The fourth-order valence-corrected chi connectivity index (χ4v) is 2.24. The number of carbonyl (C=O) groups excluding carboxylic acids is 2. The molecule has 2 rings (SSSR count). The van der Waals surface area contributed by atoms with E-state index in [-0.39, 0.29) is 30.9 Å². The molecule has 1 aromatic rings. The lowest BCUT2D eigenvalue weighted by molar-refractivity contribution is -0.142. The Morgan fingerprint density at radius 2 is 1.74 bits per heavy atom. The summed E-state index contributed by atoms with van der Waals surface area (Å²) in [7, 11) is 1.35. The molecule has 0 aliphatic heterocycles. The van der Waals surface area contributed by atoms with Crippen LogP contribution in [0.4, 0.5) is 0 Å². The summed E-state index contributed by atoms with van der Waals surface area (Å²) in [5, 5.41) is 0. The highest BCUT2D eigenvalue weighted by molar-refractivity contribution is 5.79. The van der Waals surface area contributed by atoms with Crippen LogP contribution in [0.2, 0.25) is 0 Å². The summed E-state index contributed by atoms with van der Waals surface area (Å²) in [5.41, 5.74) is 0. The number of nitrogens with zero attached hydrogens (tertiary/aromatic N) is 1. The number of hydrogen-bond acceptors (Lipinski definition) is 5. The highest BCUT2D eigenvalue weighted by Crippen LogP contribution is 2.27. The zero-order chi connectivity index (χ0) is 16.7. The van der Waals surface area contributed by atoms with Crippen molar-refractivity contribution in [1.82, 2.24) is 4.90 Å². The molecule has 1 saturated carbocycles. The monoisotopic (exact) mass is 321 g/mol. The predicted octanol–water partition coefficient (Wildman–Crippen LogP) is 2.02. The van der Waals surface area contributed by atoms with Gasteiger partial charge in [-0.1, -0.05) is 0 Å². The van der Waals surface area contributed by atoms with Gasteiger partial charge >= 0.3 is 5.97 Å². The van der Waals surface area contributed by atoms with Gasteiger partial charge < -0.3 is 19.1 Å². The quantitative estimate of drug-likeness (QED) is 0.651. The van der Waals surface area contributed by atoms with Gasteiger partial charge in [-0.05, 0) is 44.0 Å². The van der Waals surface area contributed by atoms with Crippen LogP contribution in [0.3, 0.4) is 0 Å². The van der Waals surface area contributed by atoms with E-state index in [2.05, 4.69) is 4.74 Å². The Hall–Kier alpha value is -2.24. The maximum Gasteiger partial charge on any atom is 0.307 e. The van der Waals surface area contributed by atoms with Gasteiger partial charge in [0.05, 0.1) is 20.1 Å². The normalized spacial score (nSPS) is 13.3. The van der Waals surface area contributed by atoms with Crippen molar-refractivity contribution in [1.29, 1.82) is 0 Å². The van der Waals surface area contributed by atoms with E-state index in [1.165, 1.54) is 7.11 Å². The summed E-state index contributed by atoms with van der Waals surface area (Å²) in [5.74, 6) is 0.968. The SMILES string of the molecule is CCOc1ccc(OCC(=O)N(CCC(=O)OC)C2CC2)cc1. The van der Waals surface area contributed by atoms with Crippen LogP contribution < -0.4 is 9.47 Å². The first-order valence-electron chi connectivity index (χ1n) is 7.86. The van der Waals surface area contributed by atoms with E-state index in [0.29, 0.717) is 18.9 Å². The third kappa shape index (κ3) is 5.47. The van der Waals surface area contributed by atoms with Crippen molar-refractivity contribution in [2.75, 3.05) is 26.9 Å². The second-order valence-corrected chi connectivity index (χ2v) is 5.34. The van der Waals surface area contributed by atoms with Gasteiger partial charge in [0.1, 0.15) is 11.5 Å². The molecule has 126 valence electrons. The standard InChI is InChI=1S/C17H23NO5/c1-3-22-14-6-8-15(9-7-14)23-12-16(19)18(13-4-5-13)11-10-17(20)21-2/h6-9,13H,3-5,10-12H2,1-2H3. The molecule has 0 heterocycles. The molecule has 6 heteroatoms. The molecule has 0 atom stereocenters. The van der Waals surface area contributed by atoms with Gasteiger partial charge in [-0.15, -0.1) is 0 Å². The molecule has 1 aromatic carbocycles. The Morgan fingerprint density at radius 3 is 2.26 bits per heavy atom. The molecule has 23 heavy (non-hydrogen) atoms. The first kappa shape index (κ1) is 17.1. The number of rotatable bonds is 9. The molecule has 0 aromatic heterocycles. The van der Waals surface area contributed by atoms with Crippen LogP contribution in [0.25, 0.3) is 0 Å². The predicted molar refractivity (Wildman–Crippen MR) is 84.5 cm³/mol. The summed E-state index contributed by atoms with van der Waals surface area (Å²) in [6, 6.07) is 7.39. The van der Waals surface area contributed by atoms with Crippen LogP contribution in [0.15, 0.2) is 24.3 Å². The Bertz CT molecular complexity index is 524. The Morgan fingerprint density at radius 1 is 1.13 bits per heavy atom. The summed E-state index contributed by atoms with van der Waals surface area (Å²) in [6.07, 6.45) is 2.17. The summed E-state index contributed by atoms with van der Waals surface area (Å²) >= 11 is 0. The molecule has 1 aliphatic carbocycles. The lowest BCUT2D eigenvalue weighted by Gasteiger charge is -2.22. The third-order valence-electron chi connectivity index (χ3n) is 3.59. The first-order valence-corrected chi connectivity index (χ1v) is 7.86. The number of carbonyl (C=O) groups is 2. The van der Waals surface area contributed by atoms with Crippen LogP contribution in [-0.2, 0) is 14.3 Å². The minimum atomic E-state index is -0.309. The molecule has 0 spiro atoms. The topological polar surface area (TPSA) is 65.1 Å². The number of esters is 1. The maximum atomic E-state index is 12.3. The zero-order valence-corrected chi connectivity index (χ0v) is 13.6. The summed E-state index contributed by atoms with van der Waals surface area (Å²) < 4.78 is 15.5. The second kappa shape index (κ2) is 8.41. The van der Waals surface area contributed by atoms with Gasteiger partial charge in [-0.25, -0.2) is 0 Å².